The summed E-state index contributed by atoms with van der Waals surface area (Å²) in [6.45, 7) is 3.08. The zero-order valence-electron chi connectivity index (χ0n) is 23.2. The Kier molecular flexibility index (Phi) is 11.0. The lowest BCUT2D eigenvalue weighted by molar-refractivity contribution is 0.0896. The van der Waals surface area contributed by atoms with Gasteiger partial charge in [-0.3, -0.25) is 4.79 Å². The molecule has 0 saturated heterocycles. The van der Waals surface area contributed by atoms with Gasteiger partial charge in [0.2, 0.25) is 17.5 Å². The van der Waals surface area contributed by atoms with E-state index < -0.39 is 17.9 Å². The number of Topliss-reactive ketones (excluding diaryl/α,β-unsaturated/α-hetero) is 1. The van der Waals surface area contributed by atoms with Gasteiger partial charge in [0.25, 0.3) is 0 Å². The highest BCUT2D eigenvalue weighted by Gasteiger charge is 2.28. The Bertz CT molecular complexity index is 1360. The zero-order valence-corrected chi connectivity index (χ0v) is 23.2. The molecule has 4 rings (SSSR count). The quantitative estimate of drug-likeness (QED) is 0.146. The van der Waals surface area contributed by atoms with E-state index in [0.29, 0.717) is 38.3 Å². The third-order valence-electron chi connectivity index (χ3n) is 6.68. The molecule has 9 heteroatoms. The Morgan fingerprint density at radius 2 is 1.61 bits per heavy atom. The summed E-state index contributed by atoms with van der Waals surface area (Å²) in [5.74, 6) is 0.293. The Morgan fingerprint density at radius 1 is 0.927 bits per heavy atom. The lowest BCUT2D eigenvalue weighted by Crippen LogP contribution is -2.41. The molecule has 3 N–H and O–H groups in total. The number of benzene rings is 3. The molecule has 1 heterocycles. The van der Waals surface area contributed by atoms with Gasteiger partial charge in [0.1, 0.15) is 12.4 Å². The summed E-state index contributed by atoms with van der Waals surface area (Å²) in [5, 5.41) is 6.58. The van der Waals surface area contributed by atoms with Gasteiger partial charge in [-0.1, -0.05) is 78.0 Å². The van der Waals surface area contributed by atoms with Crippen LogP contribution in [0, 0.1) is 0 Å². The maximum absolute atomic E-state index is 13.3. The van der Waals surface area contributed by atoms with Crippen LogP contribution in [0.3, 0.4) is 0 Å². The lowest BCUT2D eigenvalue weighted by Gasteiger charge is -2.16. The summed E-state index contributed by atoms with van der Waals surface area (Å²) >= 11 is 0. The van der Waals surface area contributed by atoms with Crippen LogP contribution in [0.4, 0.5) is 4.79 Å². The van der Waals surface area contributed by atoms with Gasteiger partial charge in [-0.05, 0) is 61.6 Å². The van der Waals surface area contributed by atoms with E-state index in [4.69, 9.17) is 19.7 Å². The predicted octanol–water partition coefficient (Wildman–Crippen LogP) is 5.45. The normalized spacial score (nSPS) is 12.3. The second-order valence-corrected chi connectivity index (χ2v) is 9.74. The SMILES string of the molecule is CC(c1ccc(OCCc2ccccc2)cc1)c1nc(C(=O)C(CCCCN)NC(=O)OCc2ccccc2)no1. The number of nitrogens with zero attached hydrogens (tertiary/aromatic N) is 2. The van der Waals surface area contributed by atoms with Crippen LogP contribution in [0.5, 0.6) is 5.75 Å². The van der Waals surface area contributed by atoms with Crippen molar-refractivity contribution in [1.29, 1.82) is 0 Å². The minimum absolute atomic E-state index is 0.0891. The van der Waals surface area contributed by atoms with Gasteiger partial charge < -0.3 is 25.0 Å². The van der Waals surface area contributed by atoms with Crippen molar-refractivity contribution in [3.63, 3.8) is 0 Å². The first-order valence-corrected chi connectivity index (χ1v) is 13.8. The van der Waals surface area contributed by atoms with Crippen LogP contribution in [-0.4, -0.2) is 41.2 Å². The zero-order chi connectivity index (χ0) is 28.9. The van der Waals surface area contributed by atoms with E-state index in [1.54, 1.807) is 0 Å². The second kappa shape index (κ2) is 15.3. The highest BCUT2D eigenvalue weighted by molar-refractivity contribution is 5.98. The number of carbonyl (C=O) groups excluding carboxylic acids is 2. The van der Waals surface area contributed by atoms with E-state index >= 15 is 0 Å². The molecule has 1 aromatic heterocycles. The molecule has 3 aromatic carbocycles. The fraction of sp³-hybridized carbons (Fsp3) is 0.312. The summed E-state index contributed by atoms with van der Waals surface area (Å²) in [6.07, 6.45) is 1.87. The van der Waals surface area contributed by atoms with Gasteiger partial charge in [-0.25, -0.2) is 4.79 Å². The van der Waals surface area contributed by atoms with Crippen molar-refractivity contribution in [2.24, 2.45) is 5.73 Å². The van der Waals surface area contributed by atoms with Crippen molar-refractivity contribution in [1.82, 2.24) is 15.5 Å². The van der Waals surface area contributed by atoms with Crippen molar-refractivity contribution in [3.05, 3.63) is 113 Å². The minimum Gasteiger partial charge on any atom is -0.493 e. The Balaban J connectivity index is 1.34. The third kappa shape index (κ3) is 9.01. The maximum atomic E-state index is 13.3. The molecule has 0 fully saturated rings. The number of ketones is 1. The molecule has 1 amide bonds. The third-order valence-corrected chi connectivity index (χ3v) is 6.68. The van der Waals surface area contributed by atoms with Crippen molar-refractivity contribution < 1.29 is 23.6 Å². The van der Waals surface area contributed by atoms with Crippen molar-refractivity contribution in [2.45, 2.75) is 51.2 Å². The first kappa shape index (κ1) is 29.5. The molecule has 2 atom stereocenters. The molecule has 0 radical (unpaired) electrons. The predicted molar refractivity (Wildman–Crippen MR) is 155 cm³/mol. The molecule has 0 bridgehead atoms. The van der Waals surface area contributed by atoms with Gasteiger partial charge in [0, 0.05) is 6.42 Å². The molecule has 0 aliphatic rings. The van der Waals surface area contributed by atoms with E-state index in [1.165, 1.54) is 5.56 Å². The largest absolute Gasteiger partial charge is 0.493 e. The van der Waals surface area contributed by atoms with E-state index in [0.717, 1.165) is 23.3 Å². The summed E-state index contributed by atoms with van der Waals surface area (Å²) in [5.41, 5.74) is 8.62. The van der Waals surface area contributed by atoms with E-state index in [2.05, 4.69) is 27.6 Å². The van der Waals surface area contributed by atoms with Gasteiger partial charge in [0.15, 0.2) is 0 Å². The number of ether oxygens (including phenoxy) is 2. The second-order valence-electron chi connectivity index (χ2n) is 9.74. The standard InChI is InChI=1S/C32H36N4O5/c1-23(26-15-17-27(18-16-26)39-21-19-24-10-4-2-5-11-24)31-35-30(36-41-31)29(37)28(14-8-9-20-33)34-32(38)40-22-25-12-6-3-7-13-25/h2-7,10-13,15-18,23,28H,8-9,14,19-22,33H2,1H3,(H,34,38). The number of rotatable bonds is 15. The molecule has 0 spiro atoms. The van der Waals surface area contributed by atoms with Crippen LogP contribution >= 0.6 is 0 Å². The molecule has 214 valence electrons. The molecule has 4 aromatic rings. The lowest BCUT2D eigenvalue weighted by atomic mass is 10.0. The molecular weight excluding hydrogens is 520 g/mol. The summed E-state index contributed by atoms with van der Waals surface area (Å²) in [6, 6.07) is 26.3. The first-order valence-electron chi connectivity index (χ1n) is 13.8. The number of aromatic nitrogens is 2. The molecule has 0 aliphatic carbocycles. The van der Waals surface area contributed by atoms with E-state index in [1.807, 2.05) is 79.7 Å². The monoisotopic (exact) mass is 556 g/mol. The number of hydrogen-bond donors (Lipinski definition) is 2. The van der Waals surface area contributed by atoms with Crippen LogP contribution in [0.1, 0.15) is 65.3 Å². The molecular formula is C32H36N4O5. The molecule has 9 nitrogen and oxygen atoms in total. The highest BCUT2D eigenvalue weighted by Crippen LogP contribution is 2.25. The summed E-state index contributed by atoms with van der Waals surface area (Å²) in [4.78, 5) is 30.1. The van der Waals surface area contributed by atoms with Gasteiger partial charge >= 0.3 is 6.09 Å². The minimum atomic E-state index is -0.863. The van der Waals surface area contributed by atoms with Crippen molar-refractivity contribution in [2.75, 3.05) is 13.2 Å². The Labute approximate surface area is 240 Å². The number of hydrogen-bond acceptors (Lipinski definition) is 8. The molecule has 41 heavy (non-hydrogen) atoms. The Hall–Kier alpha value is -4.50. The Morgan fingerprint density at radius 3 is 2.29 bits per heavy atom. The van der Waals surface area contributed by atoms with Crippen LogP contribution in [0.15, 0.2) is 89.5 Å². The molecule has 2 unspecified atom stereocenters. The van der Waals surface area contributed by atoms with E-state index in [-0.39, 0.29) is 18.3 Å². The number of nitrogens with two attached hydrogens (primary N) is 1. The van der Waals surface area contributed by atoms with Crippen LogP contribution in [0.25, 0.3) is 0 Å². The van der Waals surface area contributed by atoms with Gasteiger partial charge in [-0.15, -0.1) is 0 Å². The number of nitrogens with one attached hydrogen (secondary N) is 1. The van der Waals surface area contributed by atoms with Crippen molar-refractivity contribution in [3.8, 4) is 5.75 Å². The number of amides is 1. The van der Waals surface area contributed by atoms with Crippen LogP contribution < -0.4 is 15.8 Å². The topological polar surface area (TPSA) is 130 Å². The van der Waals surface area contributed by atoms with Gasteiger partial charge in [-0.2, -0.15) is 4.98 Å². The fourth-order valence-corrected chi connectivity index (χ4v) is 4.26. The summed E-state index contributed by atoms with van der Waals surface area (Å²) < 4.78 is 16.6. The number of alkyl carbamates (subject to hydrolysis) is 1. The number of unbranched alkanes of at least 4 members (excludes halogenated alkanes) is 1. The number of carbonyl (C=O) groups is 2. The van der Waals surface area contributed by atoms with Crippen LogP contribution in [0.2, 0.25) is 0 Å². The van der Waals surface area contributed by atoms with Crippen molar-refractivity contribution >= 4 is 11.9 Å². The molecule has 0 saturated carbocycles. The maximum Gasteiger partial charge on any atom is 0.408 e. The average Bonchev–Trinajstić information content (AvgIpc) is 3.51. The summed E-state index contributed by atoms with van der Waals surface area (Å²) in [7, 11) is 0. The highest BCUT2D eigenvalue weighted by atomic mass is 16.5. The van der Waals surface area contributed by atoms with Gasteiger partial charge in [0.05, 0.1) is 18.6 Å². The first-order chi connectivity index (χ1) is 20.0. The smallest absolute Gasteiger partial charge is 0.408 e. The van der Waals surface area contributed by atoms with Crippen LogP contribution in [-0.2, 0) is 17.8 Å². The fourth-order valence-electron chi connectivity index (χ4n) is 4.26. The average molecular weight is 557 g/mol. The van der Waals surface area contributed by atoms with E-state index in [9.17, 15) is 9.59 Å². The molecule has 0 aliphatic heterocycles.